The van der Waals surface area contributed by atoms with E-state index in [1.54, 1.807) is 6.92 Å². The molecule has 4 nitrogen and oxygen atoms in total. The Hall–Kier alpha value is -1.08. The quantitative estimate of drug-likeness (QED) is 0.687. The standard InChI is InChI=1S/C13H21N3O/c1-11(17)15-6-8-16(9-7-15)13-4-2-12(10-14)3-5-13/h12-13H,2-9H2,1H3/t12-,13-. The number of carbonyl (C=O) groups excluding carboxylic acids is 1. The van der Waals surface area contributed by atoms with E-state index in [4.69, 9.17) is 5.26 Å². The Morgan fingerprint density at radius 2 is 1.71 bits per heavy atom. The highest BCUT2D eigenvalue weighted by Gasteiger charge is 2.28. The maximum Gasteiger partial charge on any atom is 0.219 e. The van der Waals surface area contributed by atoms with Crippen molar-refractivity contribution < 1.29 is 4.79 Å². The van der Waals surface area contributed by atoms with Gasteiger partial charge in [0.15, 0.2) is 0 Å². The van der Waals surface area contributed by atoms with Crippen LogP contribution in [0.2, 0.25) is 0 Å². The Morgan fingerprint density at radius 1 is 1.12 bits per heavy atom. The summed E-state index contributed by atoms with van der Waals surface area (Å²) >= 11 is 0. The molecule has 1 aliphatic heterocycles. The van der Waals surface area contributed by atoms with E-state index in [1.165, 1.54) is 0 Å². The molecule has 2 fully saturated rings. The van der Waals surface area contributed by atoms with E-state index in [0.29, 0.717) is 6.04 Å². The zero-order valence-corrected chi connectivity index (χ0v) is 10.6. The average molecular weight is 235 g/mol. The normalized spacial score (nSPS) is 30.9. The summed E-state index contributed by atoms with van der Waals surface area (Å²) in [6.45, 7) is 5.39. The van der Waals surface area contributed by atoms with Gasteiger partial charge in [0.05, 0.1) is 6.07 Å². The molecule has 17 heavy (non-hydrogen) atoms. The Morgan fingerprint density at radius 3 is 2.18 bits per heavy atom. The minimum absolute atomic E-state index is 0.192. The van der Waals surface area contributed by atoms with E-state index < -0.39 is 0 Å². The van der Waals surface area contributed by atoms with Crippen LogP contribution >= 0.6 is 0 Å². The minimum atomic E-state index is 0.192. The fraction of sp³-hybridized carbons (Fsp3) is 0.846. The number of hydrogen-bond donors (Lipinski definition) is 0. The summed E-state index contributed by atoms with van der Waals surface area (Å²) in [7, 11) is 0. The third-order valence-corrected chi connectivity index (χ3v) is 4.16. The summed E-state index contributed by atoms with van der Waals surface area (Å²) in [6.07, 6.45) is 4.40. The number of nitrogens with zero attached hydrogens (tertiary/aromatic N) is 3. The highest BCUT2D eigenvalue weighted by Crippen LogP contribution is 2.27. The molecule has 1 amide bonds. The maximum absolute atomic E-state index is 11.2. The first-order chi connectivity index (χ1) is 8.20. The number of piperazine rings is 1. The SMILES string of the molecule is CC(=O)N1CCN([C@H]2CC[C@H](C#N)CC2)CC1. The van der Waals surface area contributed by atoms with Gasteiger partial charge in [-0.3, -0.25) is 9.69 Å². The molecule has 1 heterocycles. The summed E-state index contributed by atoms with van der Waals surface area (Å²) in [4.78, 5) is 15.7. The molecule has 1 saturated heterocycles. The second-order valence-corrected chi connectivity index (χ2v) is 5.18. The van der Waals surface area contributed by atoms with Crippen molar-refractivity contribution >= 4 is 5.91 Å². The van der Waals surface area contributed by atoms with Crippen LogP contribution in [0, 0.1) is 17.2 Å². The van der Waals surface area contributed by atoms with Crippen molar-refractivity contribution in [2.24, 2.45) is 5.92 Å². The highest BCUT2D eigenvalue weighted by atomic mass is 16.2. The lowest BCUT2D eigenvalue weighted by Crippen LogP contribution is -2.52. The molecular weight excluding hydrogens is 214 g/mol. The van der Waals surface area contributed by atoms with Crippen LogP contribution in [0.15, 0.2) is 0 Å². The lowest BCUT2D eigenvalue weighted by molar-refractivity contribution is -0.131. The largest absolute Gasteiger partial charge is 0.340 e. The van der Waals surface area contributed by atoms with Gasteiger partial charge >= 0.3 is 0 Å². The van der Waals surface area contributed by atoms with E-state index in [0.717, 1.165) is 51.9 Å². The van der Waals surface area contributed by atoms with Crippen LogP contribution in [-0.4, -0.2) is 47.9 Å². The molecule has 0 bridgehead atoms. The zero-order chi connectivity index (χ0) is 12.3. The third kappa shape index (κ3) is 2.98. The van der Waals surface area contributed by atoms with Crippen molar-refractivity contribution in [1.29, 1.82) is 5.26 Å². The van der Waals surface area contributed by atoms with Gasteiger partial charge in [0.1, 0.15) is 0 Å². The summed E-state index contributed by atoms with van der Waals surface area (Å²) in [5.41, 5.74) is 0. The Labute approximate surface area is 103 Å². The molecule has 0 aromatic heterocycles. The second kappa shape index (κ2) is 5.50. The van der Waals surface area contributed by atoms with E-state index in [1.807, 2.05) is 4.90 Å². The first kappa shape index (κ1) is 12.4. The Kier molecular flexibility index (Phi) is 4.01. The molecule has 2 aliphatic rings. The van der Waals surface area contributed by atoms with Gasteiger partial charge in [0, 0.05) is 45.1 Å². The molecule has 4 heteroatoms. The lowest BCUT2D eigenvalue weighted by Gasteiger charge is -2.41. The Balaban J connectivity index is 1.78. The van der Waals surface area contributed by atoms with Crippen molar-refractivity contribution in [2.75, 3.05) is 26.2 Å². The van der Waals surface area contributed by atoms with E-state index in [-0.39, 0.29) is 11.8 Å². The fourth-order valence-electron chi connectivity index (χ4n) is 2.97. The molecule has 0 aromatic rings. The molecule has 94 valence electrons. The predicted octanol–water partition coefficient (Wildman–Crippen LogP) is 1.23. The van der Waals surface area contributed by atoms with Crippen LogP contribution in [-0.2, 0) is 4.79 Å². The number of rotatable bonds is 1. The summed E-state index contributed by atoms with van der Waals surface area (Å²) < 4.78 is 0. The van der Waals surface area contributed by atoms with Gasteiger partial charge in [-0.2, -0.15) is 5.26 Å². The van der Waals surface area contributed by atoms with E-state index in [2.05, 4.69) is 11.0 Å². The summed E-state index contributed by atoms with van der Waals surface area (Å²) in [5, 5.41) is 8.88. The summed E-state index contributed by atoms with van der Waals surface area (Å²) in [6, 6.07) is 3.02. The van der Waals surface area contributed by atoms with E-state index in [9.17, 15) is 4.79 Å². The molecule has 2 rings (SSSR count). The van der Waals surface area contributed by atoms with Crippen LogP contribution in [0.3, 0.4) is 0 Å². The molecular formula is C13H21N3O. The molecule has 1 saturated carbocycles. The molecule has 0 radical (unpaired) electrons. The lowest BCUT2D eigenvalue weighted by atomic mass is 9.86. The van der Waals surface area contributed by atoms with Gasteiger partial charge in [0.25, 0.3) is 0 Å². The average Bonchev–Trinajstić information content (AvgIpc) is 2.39. The number of carbonyl (C=O) groups is 1. The number of nitriles is 1. The molecule has 0 N–H and O–H groups in total. The van der Waals surface area contributed by atoms with Crippen molar-refractivity contribution in [3.8, 4) is 6.07 Å². The van der Waals surface area contributed by atoms with Crippen LogP contribution in [0.4, 0.5) is 0 Å². The van der Waals surface area contributed by atoms with Crippen LogP contribution in [0.5, 0.6) is 0 Å². The van der Waals surface area contributed by atoms with Crippen molar-refractivity contribution in [2.45, 2.75) is 38.6 Å². The Bertz CT molecular complexity index is 307. The second-order valence-electron chi connectivity index (χ2n) is 5.18. The van der Waals surface area contributed by atoms with Gasteiger partial charge in [-0.1, -0.05) is 0 Å². The fourth-order valence-corrected chi connectivity index (χ4v) is 2.97. The molecule has 1 aliphatic carbocycles. The van der Waals surface area contributed by atoms with Gasteiger partial charge in [-0.15, -0.1) is 0 Å². The zero-order valence-electron chi connectivity index (χ0n) is 10.6. The first-order valence-corrected chi connectivity index (χ1v) is 6.60. The topological polar surface area (TPSA) is 47.3 Å². The maximum atomic E-state index is 11.2. The summed E-state index contributed by atoms with van der Waals surface area (Å²) in [5.74, 6) is 0.475. The van der Waals surface area contributed by atoms with Crippen LogP contribution in [0.25, 0.3) is 0 Å². The highest BCUT2D eigenvalue weighted by molar-refractivity contribution is 5.73. The molecule has 0 unspecified atom stereocenters. The van der Waals surface area contributed by atoms with Crippen LogP contribution in [0.1, 0.15) is 32.6 Å². The van der Waals surface area contributed by atoms with Crippen molar-refractivity contribution in [3.63, 3.8) is 0 Å². The van der Waals surface area contributed by atoms with Gasteiger partial charge < -0.3 is 4.90 Å². The molecule has 0 aromatic carbocycles. The number of hydrogen-bond acceptors (Lipinski definition) is 3. The first-order valence-electron chi connectivity index (χ1n) is 6.60. The molecule has 0 spiro atoms. The number of amides is 1. The van der Waals surface area contributed by atoms with Gasteiger partial charge in [-0.05, 0) is 25.7 Å². The van der Waals surface area contributed by atoms with Gasteiger partial charge in [-0.25, -0.2) is 0 Å². The monoisotopic (exact) mass is 235 g/mol. The smallest absolute Gasteiger partial charge is 0.219 e. The third-order valence-electron chi connectivity index (χ3n) is 4.16. The van der Waals surface area contributed by atoms with E-state index >= 15 is 0 Å². The van der Waals surface area contributed by atoms with Crippen molar-refractivity contribution in [3.05, 3.63) is 0 Å². The van der Waals surface area contributed by atoms with Crippen LogP contribution < -0.4 is 0 Å². The van der Waals surface area contributed by atoms with Gasteiger partial charge in [0.2, 0.25) is 5.91 Å². The molecule has 0 atom stereocenters. The van der Waals surface area contributed by atoms with Crippen molar-refractivity contribution in [1.82, 2.24) is 9.80 Å². The predicted molar refractivity (Wildman–Crippen MR) is 65.2 cm³/mol. The minimum Gasteiger partial charge on any atom is -0.340 e.